The zero-order valence-corrected chi connectivity index (χ0v) is 13.4. The first kappa shape index (κ1) is 17.0. The normalized spacial score (nSPS) is 33.1. The molecule has 26 heavy (non-hydrogen) atoms. The van der Waals surface area contributed by atoms with Crippen LogP contribution >= 0.6 is 0 Å². The molecule has 138 valence electrons. The lowest BCUT2D eigenvalue weighted by Crippen LogP contribution is -2.39. The highest BCUT2D eigenvalue weighted by atomic mass is 19.4. The van der Waals surface area contributed by atoms with Gasteiger partial charge in [0.2, 0.25) is 11.8 Å². The molecule has 3 fully saturated rings. The fourth-order valence-corrected chi connectivity index (χ4v) is 4.39. The Morgan fingerprint density at radius 3 is 2.58 bits per heavy atom. The molecule has 0 aliphatic carbocycles. The monoisotopic (exact) mass is 370 g/mol. The minimum absolute atomic E-state index is 0.310. The van der Waals surface area contributed by atoms with Crippen LogP contribution in [-0.2, 0) is 20.5 Å². The van der Waals surface area contributed by atoms with Crippen molar-refractivity contribution in [3.8, 4) is 0 Å². The van der Waals surface area contributed by atoms with E-state index in [0.717, 1.165) is 6.07 Å². The van der Waals surface area contributed by atoms with Crippen molar-refractivity contribution in [2.45, 2.75) is 37.6 Å². The van der Waals surface area contributed by atoms with E-state index >= 15 is 0 Å². The Morgan fingerprint density at radius 1 is 1.31 bits per heavy atom. The number of rotatable bonds is 2. The summed E-state index contributed by atoms with van der Waals surface area (Å²) >= 11 is 0. The number of carbonyl (C=O) groups is 2. The number of nitro benzene ring substituents is 1. The Labute approximate surface area is 144 Å². The summed E-state index contributed by atoms with van der Waals surface area (Å²) in [4.78, 5) is 35.9. The first-order valence-electron chi connectivity index (χ1n) is 7.96. The molecule has 4 atom stereocenters. The number of imide groups is 1. The van der Waals surface area contributed by atoms with Gasteiger partial charge in [0.1, 0.15) is 5.56 Å². The highest BCUT2D eigenvalue weighted by Crippen LogP contribution is 2.55. The van der Waals surface area contributed by atoms with Crippen LogP contribution in [0.15, 0.2) is 18.2 Å². The number of anilines is 1. The van der Waals surface area contributed by atoms with E-state index in [4.69, 9.17) is 4.74 Å². The predicted octanol–water partition coefficient (Wildman–Crippen LogP) is 2.67. The zero-order chi connectivity index (χ0) is 19.0. The third-order valence-electron chi connectivity index (χ3n) is 5.50. The number of benzene rings is 1. The lowest BCUT2D eigenvalue weighted by Gasteiger charge is -2.26. The highest BCUT2D eigenvalue weighted by molar-refractivity contribution is 6.23. The molecular formula is C16H13F3N2O5. The van der Waals surface area contributed by atoms with Crippen LogP contribution in [-0.4, -0.2) is 28.4 Å². The molecule has 1 aromatic carbocycles. The Hall–Kier alpha value is -2.49. The van der Waals surface area contributed by atoms with Crippen molar-refractivity contribution in [1.29, 1.82) is 0 Å². The number of nitro groups is 1. The van der Waals surface area contributed by atoms with E-state index in [2.05, 4.69) is 0 Å². The third-order valence-corrected chi connectivity index (χ3v) is 5.50. The number of halogens is 3. The van der Waals surface area contributed by atoms with Crippen LogP contribution in [0.1, 0.15) is 25.3 Å². The summed E-state index contributed by atoms with van der Waals surface area (Å²) < 4.78 is 45.3. The lowest BCUT2D eigenvalue weighted by atomic mass is 9.74. The molecule has 4 rings (SSSR count). The number of hydrogen-bond acceptors (Lipinski definition) is 5. The molecule has 0 unspecified atom stereocenters. The topological polar surface area (TPSA) is 89.8 Å². The zero-order valence-electron chi connectivity index (χ0n) is 13.4. The molecule has 0 radical (unpaired) electrons. The standard InChI is InChI=1S/C16H13F3N2O5/c1-15-5-4-10(26-15)11-12(15)14(23)20(13(11)22)7-2-3-9(21(24)25)8(6-7)16(17,18)19/h2-3,6,10-12H,4-5H2,1H3/t10-,11-,12+,15+/m1/s1. The fourth-order valence-electron chi connectivity index (χ4n) is 4.39. The molecule has 3 saturated heterocycles. The molecule has 0 spiro atoms. The summed E-state index contributed by atoms with van der Waals surface area (Å²) in [5.41, 5.74) is -3.74. The van der Waals surface area contributed by atoms with Crippen LogP contribution in [0.25, 0.3) is 0 Å². The van der Waals surface area contributed by atoms with Gasteiger partial charge >= 0.3 is 6.18 Å². The summed E-state index contributed by atoms with van der Waals surface area (Å²) in [5.74, 6) is -2.69. The van der Waals surface area contributed by atoms with Gasteiger partial charge in [-0.15, -0.1) is 0 Å². The van der Waals surface area contributed by atoms with Crippen molar-refractivity contribution < 1.29 is 32.4 Å². The van der Waals surface area contributed by atoms with E-state index in [-0.39, 0.29) is 5.69 Å². The quantitative estimate of drug-likeness (QED) is 0.454. The van der Waals surface area contributed by atoms with Crippen LogP contribution in [0.2, 0.25) is 0 Å². The Balaban J connectivity index is 1.78. The minimum Gasteiger partial charge on any atom is -0.370 e. The van der Waals surface area contributed by atoms with Gasteiger partial charge in [-0.2, -0.15) is 13.2 Å². The van der Waals surface area contributed by atoms with Crippen molar-refractivity contribution in [1.82, 2.24) is 0 Å². The van der Waals surface area contributed by atoms with Crippen molar-refractivity contribution in [3.63, 3.8) is 0 Å². The number of carbonyl (C=O) groups excluding carboxylic acids is 2. The van der Waals surface area contributed by atoms with E-state index in [0.29, 0.717) is 29.9 Å². The minimum atomic E-state index is -4.99. The maximum Gasteiger partial charge on any atom is 0.423 e. The molecule has 3 heterocycles. The molecule has 3 aliphatic rings. The van der Waals surface area contributed by atoms with Crippen LogP contribution in [0, 0.1) is 22.0 Å². The number of hydrogen-bond donors (Lipinski definition) is 0. The molecule has 7 nitrogen and oxygen atoms in total. The van der Waals surface area contributed by atoms with Crippen LogP contribution in [0.4, 0.5) is 24.5 Å². The molecular weight excluding hydrogens is 357 g/mol. The van der Waals surface area contributed by atoms with Gasteiger partial charge in [-0.25, -0.2) is 4.90 Å². The number of amides is 2. The molecule has 2 bridgehead atoms. The summed E-state index contributed by atoms with van der Waals surface area (Å²) in [5, 5.41) is 10.9. The third kappa shape index (κ3) is 2.11. The molecule has 0 N–H and O–H groups in total. The van der Waals surface area contributed by atoms with Gasteiger partial charge in [0.25, 0.3) is 5.69 Å². The van der Waals surface area contributed by atoms with Crippen LogP contribution in [0.5, 0.6) is 0 Å². The van der Waals surface area contributed by atoms with Crippen molar-refractivity contribution in [2.24, 2.45) is 11.8 Å². The molecule has 2 amide bonds. The summed E-state index contributed by atoms with van der Waals surface area (Å²) in [6, 6.07) is 2.15. The van der Waals surface area contributed by atoms with Gasteiger partial charge in [-0.3, -0.25) is 19.7 Å². The number of ether oxygens (including phenoxy) is 1. The first-order valence-corrected chi connectivity index (χ1v) is 7.96. The Morgan fingerprint density at radius 2 is 2.00 bits per heavy atom. The average molecular weight is 370 g/mol. The molecule has 3 aliphatic heterocycles. The summed E-state index contributed by atoms with van der Waals surface area (Å²) in [7, 11) is 0. The van der Waals surface area contributed by atoms with Crippen LogP contribution in [0.3, 0.4) is 0 Å². The van der Waals surface area contributed by atoms with Gasteiger partial charge in [0.15, 0.2) is 0 Å². The van der Waals surface area contributed by atoms with Gasteiger partial charge in [0.05, 0.1) is 34.2 Å². The Bertz CT molecular complexity index is 855. The largest absolute Gasteiger partial charge is 0.423 e. The number of fused-ring (bicyclic) bond motifs is 5. The maximum absolute atomic E-state index is 13.2. The fraction of sp³-hybridized carbons (Fsp3) is 0.500. The van der Waals surface area contributed by atoms with Gasteiger partial charge < -0.3 is 4.74 Å². The van der Waals surface area contributed by atoms with E-state index in [1.807, 2.05) is 0 Å². The van der Waals surface area contributed by atoms with Gasteiger partial charge in [-0.1, -0.05) is 0 Å². The summed E-state index contributed by atoms with van der Waals surface area (Å²) in [6.07, 6.45) is -4.21. The molecule has 0 aromatic heterocycles. The van der Waals surface area contributed by atoms with Crippen LogP contribution < -0.4 is 4.90 Å². The van der Waals surface area contributed by atoms with Crippen molar-refractivity contribution in [3.05, 3.63) is 33.9 Å². The smallest absolute Gasteiger partial charge is 0.370 e. The van der Waals surface area contributed by atoms with Crippen molar-refractivity contribution in [2.75, 3.05) is 4.90 Å². The molecule has 1 aromatic rings. The second-order valence-corrected chi connectivity index (χ2v) is 6.98. The predicted molar refractivity (Wildman–Crippen MR) is 80.1 cm³/mol. The molecule has 0 saturated carbocycles. The second kappa shape index (κ2) is 5.03. The number of nitrogens with zero attached hydrogens (tertiary/aromatic N) is 2. The van der Waals surface area contributed by atoms with E-state index < -0.39 is 57.7 Å². The lowest BCUT2D eigenvalue weighted by molar-refractivity contribution is -0.388. The van der Waals surface area contributed by atoms with E-state index in [1.54, 1.807) is 6.92 Å². The summed E-state index contributed by atoms with van der Waals surface area (Å²) in [6.45, 7) is 1.73. The van der Waals surface area contributed by atoms with Gasteiger partial charge in [0, 0.05) is 6.07 Å². The second-order valence-electron chi connectivity index (χ2n) is 6.98. The average Bonchev–Trinajstić information content (AvgIpc) is 3.15. The van der Waals surface area contributed by atoms with Crippen molar-refractivity contribution >= 4 is 23.2 Å². The number of alkyl halides is 3. The molecule has 10 heteroatoms. The SMILES string of the molecule is C[C@@]12CC[C@@H](O1)[C@H]1C(=O)N(c3ccc([N+](=O)[O-])c(C(F)(F)F)c3)C(=O)[C@H]12. The Kier molecular flexibility index (Phi) is 3.28. The van der Waals surface area contributed by atoms with E-state index in [9.17, 15) is 32.9 Å². The van der Waals surface area contributed by atoms with E-state index in [1.165, 1.54) is 0 Å². The first-order chi connectivity index (χ1) is 12.0. The maximum atomic E-state index is 13.2. The highest BCUT2D eigenvalue weighted by Gasteiger charge is 2.67. The van der Waals surface area contributed by atoms with Gasteiger partial charge in [-0.05, 0) is 31.9 Å².